The van der Waals surface area contributed by atoms with Gasteiger partial charge in [-0.3, -0.25) is 9.59 Å². The number of hydrogen-bond donors (Lipinski definition) is 0. The summed E-state index contributed by atoms with van der Waals surface area (Å²) in [5, 5.41) is 0.534. The van der Waals surface area contributed by atoms with Gasteiger partial charge in [-0.15, -0.1) is 11.8 Å². The number of hydrogen-bond acceptors (Lipinski definition) is 4. The largest absolute Gasteiger partial charge is 0.465 e. The van der Waals surface area contributed by atoms with Gasteiger partial charge in [0.15, 0.2) is 5.78 Å². The van der Waals surface area contributed by atoms with Crippen LogP contribution in [-0.4, -0.2) is 29.9 Å². The van der Waals surface area contributed by atoms with Gasteiger partial charge < -0.3 is 4.74 Å². The first-order valence-corrected chi connectivity index (χ1v) is 6.69. The molecule has 5 heteroatoms. The molecule has 0 spiro atoms. The van der Waals surface area contributed by atoms with E-state index in [2.05, 4.69) is 0 Å². The van der Waals surface area contributed by atoms with E-state index in [1.54, 1.807) is 31.2 Å². The van der Waals surface area contributed by atoms with Gasteiger partial charge >= 0.3 is 5.97 Å². The third kappa shape index (κ3) is 5.24. The fraction of sp³-hybridized carbons (Fsp3) is 0.333. The van der Waals surface area contributed by atoms with Crippen molar-refractivity contribution in [3.05, 3.63) is 34.9 Å². The van der Waals surface area contributed by atoms with Gasteiger partial charge in [0, 0.05) is 10.6 Å². The molecule has 0 fully saturated rings. The number of ether oxygens (including phenoxy) is 1. The molecule has 0 unspecified atom stereocenters. The lowest BCUT2D eigenvalue weighted by Gasteiger charge is -2.02. The molecule has 0 atom stereocenters. The van der Waals surface area contributed by atoms with Crippen LogP contribution < -0.4 is 0 Å². The molecular weight excluding hydrogens is 260 g/mol. The fourth-order valence-electron chi connectivity index (χ4n) is 1.17. The minimum Gasteiger partial charge on any atom is -0.465 e. The van der Waals surface area contributed by atoms with E-state index in [0.717, 1.165) is 0 Å². The molecule has 17 heavy (non-hydrogen) atoms. The highest BCUT2D eigenvalue weighted by molar-refractivity contribution is 8.00. The average Bonchev–Trinajstić information content (AvgIpc) is 2.29. The maximum absolute atomic E-state index is 11.7. The normalized spacial score (nSPS) is 10.0. The Kier molecular flexibility index (Phi) is 6.08. The highest BCUT2D eigenvalue weighted by Crippen LogP contribution is 2.13. The van der Waals surface area contributed by atoms with Crippen molar-refractivity contribution >= 4 is 35.1 Å². The summed E-state index contributed by atoms with van der Waals surface area (Å²) in [6.07, 6.45) is 0. The molecular formula is C12H13ClO3S. The Morgan fingerprint density at radius 2 is 2.12 bits per heavy atom. The van der Waals surface area contributed by atoms with Gasteiger partial charge in [0.05, 0.1) is 18.1 Å². The first-order valence-electron chi connectivity index (χ1n) is 5.15. The summed E-state index contributed by atoms with van der Waals surface area (Å²) in [5.41, 5.74) is 0.564. The molecule has 1 aromatic rings. The van der Waals surface area contributed by atoms with Gasteiger partial charge in [-0.05, 0) is 19.1 Å². The third-order valence-electron chi connectivity index (χ3n) is 1.90. The van der Waals surface area contributed by atoms with Crippen molar-refractivity contribution in [2.24, 2.45) is 0 Å². The number of halogens is 1. The molecule has 0 aromatic heterocycles. The number of esters is 1. The van der Waals surface area contributed by atoms with E-state index < -0.39 is 0 Å². The number of rotatable bonds is 6. The predicted octanol–water partition coefficient (Wildman–Crippen LogP) is 2.82. The molecule has 0 aliphatic rings. The van der Waals surface area contributed by atoms with E-state index >= 15 is 0 Å². The van der Waals surface area contributed by atoms with E-state index in [1.807, 2.05) is 0 Å². The second kappa shape index (κ2) is 7.35. The monoisotopic (exact) mass is 272 g/mol. The van der Waals surface area contributed by atoms with Crippen LogP contribution >= 0.6 is 23.4 Å². The lowest BCUT2D eigenvalue weighted by Crippen LogP contribution is -2.10. The molecule has 0 saturated heterocycles. The number of carbonyl (C=O) groups is 2. The van der Waals surface area contributed by atoms with Crippen molar-refractivity contribution in [2.75, 3.05) is 18.1 Å². The molecule has 0 radical (unpaired) electrons. The van der Waals surface area contributed by atoms with Gasteiger partial charge in [-0.1, -0.05) is 23.7 Å². The lowest BCUT2D eigenvalue weighted by molar-refractivity contribution is -0.139. The summed E-state index contributed by atoms with van der Waals surface area (Å²) in [4.78, 5) is 22.7. The van der Waals surface area contributed by atoms with E-state index in [0.29, 0.717) is 17.2 Å². The van der Waals surface area contributed by atoms with Crippen molar-refractivity contribution in [2.45, 2.75) is 6.92 Å². The van der Waals surface area contributed by atoms with Crippen LogP contribution in [0.25, 0.3) is 0 Å². The van der Waals surface area contributed by atoms with Gasteiger partial charge in [0.25, 0.3) is 0 Å². The van der Waals surface area contributed by atoms with Crippen LogP contribution in [-0.2, 0) is 9.53 Å². The highest BCUT2D eigenvalue weighted by Gasteiger charge is 2.08. The molecule has 0 heterocycles. The number of benzene rings is 1. The van der Waals surface area contributed by atoms with E-state index in [9.17, 15) is 9.59 Å². The quantitative estimate of drug-likeness (QED) is 0.590. The van der Waals surface area contributed by atoms with E-state index in [4.69, 9.17) is 16.3 Å². The summed E-state index contributed by atoms with van der Waals surface area (Å²) in [6.45, 7) is 2.11. The summed E-state index contributed by atoms with van der Waals surface area (Å²) < 4.78 is 4.76. The van der Waals surface area contributed by atoms with Gasteiger partial charge in [-0.25, -0.2) is 0 Å². The zero-order valence-electron chi connectivity index (χ0n) is 9.44. The number of thioether (sulfide) groups is 1. The molecule has 0 aliphatic carbocycles. The molecule has 0 amide bonds. The summed E-state index contributed by atoms with van der Waals surface area (Å²) in [6, 6.07) is 6.77. The zero-order valence-corrected chi connectivity index (χ0v) is 11.0. The Morgan fingerprint density at radius 1 is 1.35 bits per heavy atom. The average molecular weight is 273 g/mol. The van der Waals surface area contributed by atoms with Crippen molar-refractivity contribution in [1.82, 2.24) is 0 Å². The minimum atomic E-state index is -0.295. The summed E-state index contributed by atoms with van der Waals surface area (Å²) in [7, 11) is 0. The Hall–Kier alpha value is -1.00. The standard InChI is InChI=1S/C12H13ClO3S/c1-2-16-12(15)8-17-7-11(14)9-4-3-5-10(13)6-9/h3-6H,2,7-8H2,1H3. The number of Topliss-reactive ketones (excluding diaryl/α,β-unsaturated/α-hetero) is 1. The van der Waals surface area contributed by atoms with Crippen molar-refractivity contribution in [1.29, 1.82) is 0 Å². The minimum absolute atomic E-state index is 0.0400. The Labute approximate surface area is 109 Å². The molecule has 0 saturated carbocycles. The van der Waals surface area contributed by atoms with Crippen LogP contribution in [0, 0.1) is 0 Å². The molecule has 3 nitrogen and oxygen atoms in total. The first-order chi connectivity index (χ1) is 8.13. The fourth-order valence-corrected chi connectivity index (χ4v) is 2.07. The smallest absolute Gasteiger partial charge is 0.315 e. The molecule has 1 rings (SSSR count). The molecule has 0 bridgehead atoms. The lowest BCUT2D eigenvalue weighted by atomic mass is 10.1. The van der Waals surface area contributed by atoms with Crippen LogP contribution in [0.5, 0.6) is 0 Å². The highest BCUT2D eigenvalue weighted by atomic mass is 35.5. The van der Waals surface area contributed by atoms with Crippen LogP contribution in [0.15, 0.2) is 24.3 Å². The van der Waals surface area contributed by atoms with Crippen LogP contribution in [0.4, 0.5) is 0 Å². The maximum atomic E-state index is 11.7. The first kappa shape index (κ1) is 14.1. The van der Waals surface area contributed by atoms with Crippen LogP contribution in [0.2, 0.25) is 5.02 Å². The second-order valence-corrected chi connectivity index (χ2v) is 4.65. The van der Waals surface area contributed by atoms with Crippen LogP contribution in [0.3, 0.4) is 0 Å². The maximum Gasteiger partial charge on any atom is 0.315 e. The van der Waals surface area contributed by atoms with E-state index in [-0.39, 0.29) is 23.3 Å². The number of ketones is 1. The summed E-state index contributed by atoms with van der Waals surface area (Å²) >= 11 is 7.02. The van der Waals surface area contributed by atoms with Crippen molar-refractivity contribution in [3.8, 4) is 0 Å². The topological polar surface area (TPSA) is 43.4 Å². The van der Waals surface area contributed by atoms with Gasteiger partial charge in [0.2, 0.25) is 0 Å². The molecule has 0 aliphatic heterocycles. The molecule has 0 N–H and O–H groups in total. The van der Waals surface area contributed by atoms with Gasteiger partial charge in [-0.2, -0.15) is 0 Å². The Morgan fingerprint density at radius 3 is 2.76 bits per heavy atom. The van der Waals surface area contributed by atoms with E-state index in [1.165, 1.54) is 11.8 Å². The predicted molar refractivity (Wildman–Crippen MR) is 69.7 cm³/mol. The number of carbonyl (C=O) groups excluding carboxylic acids is 2. The third-order valence-corrected chi connectivity index (χ3v) is 3.05. The molecule has 92 valence electrons. The van der Waals surface area contributed by atoms with Crippen molar-refractivity contribution in [3.63, 3.8) is 0 Å². The van der Waals surface area contributed by atoms with Crippen molar-refractivity contribution < 1.29 is 14.3 Å². The zero-order chi connectivity index (χ0) is 12.7. The van der Waals surface area contributed by atoms with Gasteiger partial charge in [0.1, 0.15) is 0 Å². The molecule has 1 aromatic carbocycles. The Balaban J connectivity index is 2.38. The Bertz CT molecular complexity index is 406. The van der Waals surface area contributed by atoms with Crippen LogP contribution in [0.1, 0.15) is 17.3 Å². The SMILES string of the molecule is CCOC(=O)CSCC(=O)c1cccc(Cl)c1. The second-order valence-electron chi connectivity index (χ2n) is 3.23. The summed E-state index contributed by atoms with van der Waals surface area (Å²) in [5.74, 6) is 0.109.